The zero-order valence-electron chi connectivity index (χ0n) is 19.1. The maximum atomic E-state index is 12.9. The number of hydrogen-bond donors (Lipinski definition) is 1. The summed E-state index contributed by atoms with van der Waals surface area (Å²) in [5.74, 6) is 0.776. The van der Waals surface area contributed by atoms with Gasteiger partial charge in [-0.25, -0.2) is 0 Å². The van der Waals surface area contributed by atoms with Crippen LogP contribution in [0.4, 0.5) is 0 Å². The van der Waals surface area contributed by atoms with Gasteiger partial charge in [0.1, 0.15) is 12.2 Å². The number of esters is 2. The lowest BCUT2D eigenvalue weighted by Crippen LogP contribution is -2.43. The van der Waals surface area contributed by atoms with Crippen LogP contribution in [0.15, 0.2) is 23.8 Å². The number of fused-ring (bicyclic) bond motifs is 1. The van der Waals surface area contributed by atoms with E-state index < -0.39 is 11.5 Å². The highest BCUT2D eigenvalue weighted by Crippen LogP contribution is 2.45. The van der Waals surface area contributed by atoms with Gasteiger partial charge < -0.3 is 14.6 Å². The Labute approximate surface area is 180 Å². The minimum atomic E-state index is -0.601. The van der Waals surface area contributed by atoms with Gasteiger partial charge in [0.2, 0.25) is 0 Å². The van der Waals surface area contributed by atoms with Gasteiger partial charge in [0.25, 0.3) is 0 Å². The molecule has 0 saturated carbocycles. The topological polar surface area (TPSA) is 72.8 Å². The van der Waals surface area contributed by atoms with E-state index >= 15 is 0 Å². The molecule has 7 atom stereocenters. The molecule has 3 aliphatic rings. The Bertz CT molecular complexity index is 706. The number of cyclic esters (lactones) is 1. The van der Waals surface area contributed by atoms with Gasteiger partial charge in [0.15, 0.2) is 0 Å². The van der Waals surface area contributed by atoms with Crippen molar-refractivity contribution in [1.82, 2.24) is 0 Å². The van der Waals surface area contributed by atoms with Gasteiger partial charge >= 0.3 is 11.9 Å². The van der Waals surface area contributed by atoms with Crippen molar-refractivity contribution in [3.05, 3.63) is 23.8 Å². The third kappa shape index (κ3) is 5.16. The molecule has 1 N–H and O–H groups in total. The molecule has 1 aliphatic heterocycles. The number of ether oxygens (including phenoxy) is 2. The predicted molar refractivity (Wildman–Crippen MR) is 115 cm³/mol. The van der Waals surface area contributed by atoms with Crippen LogP contribution >= 0.6 is 0 Å². The van der Waals surface area contributed by atoms with Gasteiger partial charge in [-0.15, -0.1) is 0 Å². The van der Waals surface area contributed by atoms with Crippen LogP contribution in [0.3, 0.4) is 0 Å². The zero-order valence-corrected chi connectivity index (χ0v) is 19.1. The molecule has 5 nitrogen and oxygen atoms in total. The SMILES string of the molecule is CCC(C)(C)C(=O)O[C@H]1C[C@@H](C)C=C2C=C[C@H](C)[C@H](CCC3C[C@@H](O)CC(=O)O3)C21. The van der Waals surface area contributed by atoms with Crippen molar-refractivity contribution in [1.29, 1.82) is 0 Å². The van der Waals surface area contributed by atoms with E-state index in [1.807, 2.05) is 20.8 Å². The molecule has 30 heavy (non-hydrogen) atoms. The van der Waals surface area contributed by atoms with Crippen LogP contribution < -0.4 is 0 Å². The highest BCUT2D eigenvalue weighted by Gasteiger charge is 2.43. The smallest absolute Gasteiger partial charge is 0.311 e. The molecule has 1 heterocycles. The lowest BCUT2D eigenvalue weighted by molar-refractivity contribution is -0.166. The molecule has 0 radical (unpaired) electrons. The third-order valence-corrected chi connectivity index (χ3v) is 7.35. The van der Waals surface area contributed by atoms with Crippen molar-refractivity contribution in [3.8, 4) is 0 Å². The van der Waals surface area contributed by atoms with E-state index in [1.54, 1.807) is 0 Å². The Kier molecular flexibility index (Phi) is 7.11. The molecule has 0 amide bonds. The Balaban J connectivity index is 1.76. The summed E-state index contributed by atoms with van der Waals surface area (Å²) in [4.78, 5) is 24.6. The number of rotatable bonds is 6. The molecule has 2 unspecified atom stereocenters. The highest BCUT2D eigenvalue weighted by atomic mass is 16.6. The molecular formula is C25H38O5. The fraction of sp³-hybridized carbons (Fsp3) is 0.760. The van der Waals surface area contributed by atoms with Crippen molar-refractivity contribution in [2.24, 2.45) is 29.1 Å². The molecule has 1 saturated heterocycles. The summed E-state index contributed by atoms with van der Waals surface area (Å²) >= 11 is 0. The van der Waals surface area contributed by atoms with Crippen LogP contribution in [0.2, 0.25) is 0 Å². The minimum Gasteiger partial charge on any atom is -0.462 e. The van der Waals surface area contributed by atoms with E-state index in [-0.39, 0.29) is 36.5 Å². The molecule has 0 aromatic carbocycles. The minimum absolute atomic E-state index is 0.0949. The normalized spacial score (nSPS) is 36.5. The second-order valence-corrected chi connectivity index (χ2v) is 10.3. The number of hydrogen-bond acceptors (Lipinski definition) is 5. The van der Waals surface area contributed by atoms with Gasteiger partial charge in [0.05, 0.1) is 17.9 Å². The third-order valence-electron chi connectivity index (χ3n) is 7.35. The summed E-state index contributed by atoms with van der Waals surface area (Å²) in [6, 6.07) is 0. The fourth-order valence-electron chi connectivity index (χ4n) is 5.08. The van der Waals surface area contributed by atoms with Crippen LogP contribution in [0.1, 0.15) is 73.1 Å². The molecule has 1 fully saturated rings. The molecule has 0 aromatic rings. The van der Waals surface area contributed by atoms with Gasteiger partial charge in [-0.2, -0.15) is 0 Å². The molecule has 5 heteroatoms. The van der Waals surface area contributed by atoms with Crippen LogP contribution in [0, 0.1) is 29.1 Å². The fourth-order valence-corrected chi connectivity index (χ4v) is 5.08. The highest BCUT2D eigenvalue weighted by molar-refractivity contribution is 5.76. The first-order valence-corrected chi connectivity index (χ1v) is 11.6. The van der Waals surface area contributed by atoms with E-state index in [0.29, 0.717) is 24.2 Å². The lowest BCUT2D eigenvalue weighted by atomic mass is 9.65. The summed E-state index contributed by atoms with van der Waals surface area (Å²) in [6.07, 6.45) is 9.61. The average Bonchev–Trinajstić information content (AvgIpc) is 2.66. The van der Waals surface area contributed by atoms with E-state index in [1.165, 1.54) is 5.57 Å². The van der Waals surface area contributed by atoms with Crippen molar-refractivity contribution in [3.63, 3.8) is 0 Å². The van der Waals surface area contributed by atoms with E-state index in [2.05, 4.69) is 32.1 Å². The van der Waals surface area contributed by atoms with Crippen LogP contribution in [-0.2, 0) is 19.1 Å². The molecule has 0 aromatic heterocycles. The van der Waals surface area contributed by atoms with E-state index in [0.717, 1.165) is 25.7 Å². The quantitative estimate of drug-likeness (QED) is 0.639. The van der Waals surface area contributed by atoms with E-state index in [9.17, 15) is 14.7 Å². The molecule has 168 valence electrons. The number of aliphatic hydroxyl groups excluding tert-OH is 1. The summed E-state index contributed by atoms with van der Waals surface area (Å²) in [6.45, 7) is 10.3. The Hall–Kier alpha value is -1.62. The van der Waals surface area contributed by atoms with Crippen LogP contribution in [-0.4, -0.2) is 35.4 Å². The number of carbonyl (C=O) groups excluding carboxylic acids is 2. The monoisotopic (exact) mass is 418 g/mol. The largest absolute Gasteiger partial charge is 0.462 e. The van der Waals surface area contributed by atoms with Crippen LogP contribution in [0.25, 0.3) is 0 Å². The van der Waals surface area contributed by atoms with Crippen molar-refractivity contribution in [2.45, 2.75) is 91.5 Å². The Morgan fingerprint density at radius 1 is 1.27 bits per heavy atom. The van der Waals surface area contributed by atoms with Gasteiger partial charge in [0, 0.05) is 12.3 Å². The summed E-state index contributed by atoms with van der Waals surface area (Å²) in [5.41, 5.74) is 0.785. The molecule has 0 spiro atoms. The molecule has 2 aliphatic carbocycles. The first-order valence-electron chi connectivity index (χ1n) is 11.6. The second kappa shape index (κ2) is 9.25. The summed E-state index contributed by atoms with van der Waals surface area (Å²) in [7, 11) is 0. The van der Waals surface area contributed by atoms with Gasteiger partial charge in [-0.1, -0.05) is 39.0 Å². The maximum absolute atomic E-state index is 12.9. The Morgan fingerprint density at radius 2 is 2.00 bits per heavy atom. The summed E-state index contributed by atoms with van der Waals surface area (Å²) < 4.78 is 11.6. The maximum Gasteiger partial charge on any atom is 0.311 e. The van der Waals surface area contributed by atoms with E-state index in [4.69, 9.17) is 9.47 Å². The van der Waals surface area contributed by atoms with Gasteiger partial charge in [-0.05, 0) is 62.9 Å². The molecule has 0 bridgehead atoms. The van der Waals surface area contributed by atoms with Gasteiger partial charge in [-0.3, -0.25) is 9.59 Å². The number of carbonyl (C=O) groups is 2. The predicted octanol–water partition coefficient (Wildman–Crippen LogP) is 4.59. The summed E-state index contributed by atoms with van der Waals surface area (Å²) in [5, 5.41) is 9.92. The first-order chi connectivity index (χ1) is 14.1. The van der Waals surface area contributed by atoms with Crippen molar-refractivity contribution < 1.29 is 24.2 Å². The second-order valence-electron chi connectivity index (χ2n) is 10.3. The standard InChI is InChI=1S/C25H38O5/c1-6-25(4,5)24(28)30-21-12-15(2)11-17-8-7-16(3)20(23(17)21)10-9-19-13-18(26)14-22(27)29-19/h7-8,11,15-16,18-21,23,26H,6,9-10,12-14H2,1-5H3/t15-,16-,18+,19?,20-,21-,23?/m0/s1. The molecule has 3 rings (SSSR count). The number of allylic oxidation sites excluding steroid dienone is 3. The Morgan fingerprint density at radius 3 is 2.67 bits per heavy atom. The number of aliphatic hydroxyl groups is 1. The van der Waals surface area contributed by atoms with Crippen molar-refractivity contribution >= 4 is 11.9 Å². The lowest BCUT2D eigenvalue weighted by Gasteiger charge is -2.44. The molecular weight excluding hydrogens is 380 g/mol. The zero-order chi connectivity index (χ0) is 22.1. The van der Waals surface area contributed by atoms with Crippen molar-refractivity contribution in [2.75, 3.05) is 0 Å². The first kappa shape index (κ1) is 23.1. The average molecular weight is 419 g/mol. The van der Waals surface area contributed by atoms with Crippen LogP contribution in [0.5, 0.6) is 0 Å².